The second-order valence-corrected chi connectivity index (χ2v) is 8.34. The van der Waals surface area contributed by atoms with Gasteiger partial charge in [-0.05, 0) is 48.2 Å². The van der Waals surface area contributed by atoms with Crippen molar-refractivity contribution in [1.29, 1.82) is 0 Å². The molecule has 154 valence electrons. The molecule has 0 atom stereocenters. The third-order valence-electron chi connectivity index (χ3n) is 4.91. The van der Waals surface area contributed by atoms with E-state index in [1.807, 2.05) is 54.6 Å². The van der Waals surface area contributed by atoms with Gasteiger partial charge in [-0.2, -0.15) is 4.99 Å². The molecule has 2 aromatic rings. The smallest absolute Gasteiger partial charge is 0.286 e. The van der Waals surface area contributed by atoms with Gasteiger partial charge in [-0.3, -0.25) is 4.79 Å². The van der Waals surface area contributed by atoms with Crippen molar-refractivity contribution in [3.05, 3.63) is 76.7 Å². The Morgan fingerprint density at radius 2 is 1.77 bits per heavy atom. The van der Waals surface area contributed by atoms with E-state index in [4.69, 9.17) is 16.3 Å². The summed E-state index contributed by atoms with van der Waals surface area (Å²) in [7, 11) is 0. The van der Waals surface area contributed by atoms with Crippen LogP contribution in [0.5, 0.6) is 5.75 Å². The van der Waals surface area contributed by atoms with Crippen LogP contribution < -0.4 is 9.64 Å². The third kappa shape index (κ3) is 4.71. The second-order valence-electron chi connectivity index (χ2n) is 6.90. The number of carbonyl (C=O) groups excluding carboxylic acids is 1. The van der Waals surface area contributed by atoms with Gasteiger partial charge in [0.15, 0.2) is 5.17 Å². The lowest BCUT2D eigenvalue weighted by atomic mass is 10.2. The summed E-state index contributed by atoms with van der Waals surface area (Å²) >= 11 is 7.41. The van der Waals surface area contributed by atoms with Gasteiger partial charge in [0, 0.05) is 42.5 Å². The number of amides is 1. The van der Waals surface area contributed by atoms with Crippen molar-refractivity contribution >= 4 is 46.2 Å². The number of nitrogens with zero attached hydrogens (tertiary/aromatic N) is 3. The number of carbonyl (C=O) groups is 1. The van der Waals surface area contributed by atoms with Crippen molar-refractivity contribution < 1.29 is 9.53 Å². The number of rotatable bonds is 5. The van der Waals surface area contributed by atoms with Gasteiger partial charge in [-0.15, -0.1) is 0 Å². The molecule has 2 aliphatic heterocycles. The summed E-state index contributed by atoms with van der Waals surface area (Å²) in [5.41, 5.74) is 2.02. The third-order valence-corrected chi connectivity index (χ3v) is 6.21. The Morgan fingerprint density at radius 3 is 2.50 bits per heavy atom. The Kier molecular flexibility index (Phi) is 6.45. The van der Waals surface area contributed by atoms with Crippen LogP contribution in [0.25, 0.3) is 6.08 Å². The summed E-state index contributed by atoms with van der Waals surface area (Å²) in [5, 5.41) is 1.51. The summed E-state index contributed by atoms with van der Waals surface area (Å²) in [4.78, 5) is 21.9. The quantitative estimate of drug-likeness (QED) is 0.499. The molecule has 0 spiro atoms. The molecule has 0 N–H and O–H groups in total. The molecular formula is C23H22ClN3O2S. The zero-order chi connectivity index (χ0) is 20.9. The average Bonchev–Trinajstić information content (AvgIpc) is 3.14. The minimum atomic E-state index is -0.200. The van der Waals surface area contributed by atoms with Gasteiger partial charge in [0.1, 0.15) is 12.4 Å². The van der Waals surface area contributed by atoms with E-state index in [0.29, 0.717) is 11.5 Å². The number of hydrogen-bond donors (Lipinski definition) is 0. The molecule has 30 heavy (non-hydrogen) atoms. The van der Waals surface area contributed by atoms with E-state index < -0.39 is 0 Å². The van der Waals surface area contributed by atoms with Gasteiger partial charge in [-0.1, -0.05) is 42.5 Å². The molecule has 0 radical (unpaired) electrons. The Balaban J connectivity index is 1.41. The number of aliphatic imine (C=N–C) groups is 1. The molecule has 0 saturated carbocycles. The summed E-state index contributed by atoms with van der Waals surface area (Å²) in [6.45, 7) is 7.46. The van der Waals surface area contributed by atoms with Crippen LogP contribution in [0.4, 0.5) is 5.69 Å². The first-order valence-electron chi connectivity index (χ1n) is 9.75. The maximum absolute atomic E-state index is 12.5. The number of thioether (sulfide) groups is 1. The predicted octanol–water partition coefficient (Wildman–Crippen LogP) is 4.70. The van der Waals surface area contributed by atoms with Crippen LogP contribution in [0, 0.1) is 0 Å². The lowest BCUT2D eigenvalue weighted by molar-refractivity contribution is -0.113. The van der Waals surface area contributed by atoms with Gasteiger partial charge in [0.25, 0.3) is 5.91 Å². The summed E-state index contributed by atoms with van der Waals surface area (Å²) < 4.78 is 5.69. The fourth-order valence-electron chi connectivity index (χ4n) is 3.36. The maximum Gasteiger partial charge on any atom is 0.286 e. The maximum atomic E-state index is 12.5. The number of para-hydroxylation sites is 1. The second kappa shape index (κ2) is 9.41. The standard InChI is InChI=1S/C23H22ClN3O2S/c1-2-15-29-20-6-4-3-5-17(20)16-21-22(28)25-23(30-21)27-13-11-26(12-14-27)19-9-7-18(24)8-10-19/h2-10,16H,1,11-15H2/b21-16+. The highest BCUT2D eigenvalue weighted by Crippen LogP contribution is 2.33. The molecule has 1 fully saturated rings. The van der Waals surface area contributed by atoms with E-state index in [2.05, 4.69) is 21.4 Å². The highest BCUT2D eigenvalue weighted by molar-refractivity contribution is 8.18. The van der Waals surface area contributed by atoms with E-state index >= 15 is 0 Å². The Hall–Kier alpha value is -2.70. The molecule has 2 heterocycles. The van der Waals surface area contributed by atoms with Gasteiger partial charge in [-0.25, -0.2) is 0 Å². The monoisotopic (exact) mass is 439 g/mol. The number of halogens is 1. The molecule has 7 heteroatoms. The van der Waals surface area contributed by atoms with Crippen molar-refractivity contribution in [2.75, 3.05) is 37.7 Å². The molecule has 0 unspecified atom stereocenters. The Bertz CT molecular complexity index is 996. The number of anilines is 1. The molecule has 1 amide bonds. The Labute approximate surface area is 185 Å². The topological polar surface area (TPSA) is 45.1 Å². The van der Waals surface area contributed by atoms with Crippen molar-refractivity contribution in [2.24, 2.45) is 4.99 Å². The molecule has 4 rings (SSSR count). The highest BCUT2D eigenvalue weighted by atomic mass is 35.5. The highest BCUT2D eigenvalue weighted by Gasteiger charge is 2.28. The zero-order valence-corrected chi connectivity index (χ0v) is 18.0. The lowest BCUT2D eigenvalue weighted by Gasteiger charge is -2.36. The number of piperazine rings is 1. The normalized spacial score (nSPS) is 18.0. The van der Waals surface area contributed by atoms with Crippen LogP contribution in [0.3, 0.4) is 0 Å². The number of amidine groups is 1. The molecule has 1 saturated heterocycles. The van der Waals surface area contributed by atoms with Gasteiger partial charge in [0.05, 0.1) is 4.91 Å². The molecule has 0 aliphatic carbocycles. The Morgan fingerprint density at radius 1 is 1.07 bits per heavy atom. The van der Waals surface area contributed by atoms with Crippen molar-refractivity contribution in [3.8, 4) is 5.75 Å². The fourth-order valence-corrected chi connectivity index (χ4v) is 4.44. The first kappa shape index (κ1) is 20.6. The van der Waals surface area contributed by atoms with Gasteiger partial charge in [0.2, 0.25) is 0 Å². The summed E-state index contributed by atoms with van der Waals surface area (Å²) in [6, 6.07) is 15.5. The minimum Gasteiger partial charge on any atom is -0.489 e. The lowest BCUT2D eigenvalue weighted by Crippen LogP contribution is -2.47. The zero-order valence-electron chi connectivity index (χ0n) is 16.5. The molecule has 0 aromatic heterocycles. The van der Waals surface area contributed by atoms with Crippen LogP contribution in [0.15, 0.2) is 71.1 Å². The van der Waals surface area contributed by atoms with Crippen molar-refractivity contribution in [1.82, 2.24) is 4.90 Å². The van der Waals surface area contributed by atoms with Crippen LogP contribution in [-0.2, 0) is 4.79 Å². The minimum absolute atomic E-state index is 0.200. The summed E-state index contributed by atoms with van der Waals surface area (Å²) in [6.07, 6.45) is 3.55. The van der Waals surface area contributed by atoms with Crippen molar-refractivity contribution in [3.63, 3.8) is 0 Å². The molecular weight excluding hydrogens is 418 g/mol. The average molecular weight is 440 g/mol. The molecule has 2 aromatic carbocycles. The van der Waals surface area contributed by atoms with E-state index in [1.54, 1.807) is 6.08 Å². The SMILES string of the molecule is C=CCOc1ccccc1/C=C1/SC(N2CCN(c3ccc(Cl)cc3)CC2)=NC1=O. The van der Waals surface area contributed by atoms with Crippen LogP contribution in [-0.4, -0.2) is 48.8 Å². The van der Waals surface area contributed by atoms with E-state index in [0.717, 1.165) is 53.4 Å². The van der Waals surface area contributed by atoms with Crippen LogP contribution >= 0.6 is 23.4 Å². The first-order chi connectivity index (χ1) is 14.6. The van der Waals surface area contributed by atoms with E-state index in [9.17, 15) is 4.79 Å². The van der Waals surface area contributed by atoms with E-state index in [1.165, 1.54) is 11.8 Å². The van der Waals surface area contributed by atoms with Gasteiger partial charge < -0.3 is 14.5 Å². The van der Waals surface area contributed by atoms with Gasteiger partial charge >= 0.3 is 0 Å². The largest absolute Gasteiger partial charge is 0.489 e. The number of benzene rings is 2. The molecule has 0 bridgehead atoms. The van der Waals surface area contributed by atoms with Crippen molar-refractivity contribution in [2.45, 2.75) is 0 Å². The molecule has 5 nitrogen and oxygen atoms in total. The molecule has 2 aliphatic rings. The van der Waals surface area contributed by atoms with Crippen LogP contribution in [0.2, 0.25) is 5.02 Å². The number of hydrogen-bond acceptors (Lipinski definition) is 5. The van der Waals surface area contributed by atoms with E-state index in [-0.39, 0.29) is 5.91 Å². The first-order valence-corrected chi connectivity index (χ1v) is 10.9. The predicted molar refractivity (Wildman–Crippen MR) is 125 cm³/mol. The summed E-state index contributed by atoms with van der Waals surface area (Å²) in [5.74, 6) is 0.525. The fraction of sp³-hybridized carbons (Fsp3) is 0.217. The number of ether oxygens (including phenoxy) is 1. The van der Waals surface area contributed by atoms with Crippen LogP contribution in [0.1, 0.15) is 5.56 Å².